The van der Waals surface area contributed by atoms with E-state index < -0.39 is 6.10 Å². The summed E-state index contributed by atoms with van der Waals surface area (Å²) in [6.07, 6.45) is 0.998. The smallest absolute Gasteiger partial charge is 0.272 e. The zero-order valence-electron chi connectivity index (χ0n) is 11.1. The van der Waals surface area contributed by atoms with Gasteiger partial charge in [0, 0.05) is 11.9 Å². The molecule has 2 heterocycles. The molecule has 0 bridgehead atoms. The Labute approximate surface area is 125 Å². The van der Waals surface area contributed by atoms with E-state index in [2.05, 4.69) is 15.6 Å². The van der Waals surface area contributed by atoms with Crippen LogP contribution in [0.3, 0.4) is 0 Å². The number of rotatable bonds is 2. The number of aromatic nitrogens is 1. The van der Waals surface area contributed by atoms with Crippen LogP contribution < -0.4 is 15.4 Å². The molecule has 3 rings (SSSR count). The third kappa shape index (κ3) is 2.71. The molecule has 0 fully saturated rings. The quantitative estimate of drug-likeness (QED) is 0.797. The first-order valence-electron chi connectivity index (χ1n) is 6.30. The summed E-state index contributed by atoms with van der Waals surface area (Å²) in [6.45, 7) is 1.67. The molecule has 2 amide bonds. The molecular weight excluding hydrogens is 294 g/mol. The fraction of sp³-hybridized carbons (Fsp3) is 0.143. The summed E-state index contributed by atoms with van der Waals surface area (Å²) in [6, 6.07) is 6.57. The van der Waals surface area contributed by atoms with E-state index >= 15 is 0 Å². The molecule has 2 aromatic rings. The SMILES string of the molecule is CC1Oc2ccc(NC(=O)c3cc(Cl)c[nH]3)cc2NC1=O. The first kappa shape index (κ1) is 13.5. The second kappa shape index (κ2) is 5.14. The Bertz CT molecular complexity index is 726. The number of carbonyl (C=O) groups is 2. The van der Waals surface area contributed by atoms with Gasteiger partial charge in [-0.2, -0.15) is 0 Å². The fourth-order valence-electron chi connectivity index (χ4n) is 1.98. The number of nitrogens with one attached hydrogen (secondary N) is 3. The minimum atomic E-state index is -0.529. The molecule has 3 N–H and O–H groups in total. The Balaban J connectivity index is 1.80. The van der Waals surface area contributed by atoms with Gasteiger partial charge >= 0.3 is 0 Å². The van der Waals surface area contributed by atoms with Crippen LogP contribution in [0, 0.1) is 0 Å². The van der Waals surface area contributed by atoms with Gasteiger partial charge in [-0.15, -0.1) is 0 Å². The van der Waals surface area contributed by atoms with Gasteiger partial charge in [-0.3, -0.25) is 9.59 Å². The van der Waals surface area contributed by atoms with Crippen LogP contribution in [0.2, 0.25) is 5.02 Å². The Morgan fingerprint density at radius 3 is 2.90 bits per heavy atom. The summed E-state index contributed by atoms with van der Waals surface area (Å²) in [7, 11) is 0. The predicted octanol–water partition coefficient (Wildman–Crippen LogP) is 2.64. The second-order valence-corrected chi connectivity index (χ2v) is 5.08. The average Bonchev–Trinajstić information content (AvgIpc) is 2.87. The highest BCUT2D eigenvalue weighted by Gasteiger charge is 2.23. The molecule has 1 aliphatic rings. The van der Waals surface area contributed by atoms with E-state index in [1.54, 1.807) is 25.1 Å². The van der Waals surface area contributed by atoms with E-state index in [4.69, 9.17) is 16.3 Å². The van der Waals surface area contributed by atoms with E-state index in [0.29, 0.717) is 27.8 Å². The number of amides is 2. The highest BCUT2D eigenvalue weighted by atomic mass is 35.5. The number of benzene rings is 1. The number of hydrogen-bond acceptors (Lipinski definition) is 3. The van der Waals surface area contributed by atoms with Gasteiger partial charge < -0.3 is 20.4 Å². The minimum absolute atomic E-state index is 0.220. The van der Waals surface area contributed by atoms with E-state index in [1.165, 1.54) is 12.3 Å². The number of hydrogen-bond donors (Lipinski definition) is 3. The molecule has 1 aromatic heterocycles. The summed E-state index contributed by atoms with van der Waals surface area (Å²) in [5.41, 5.74) is 1.43. The van der Waals surface area contributed by atoms with Gasteiger partial charge in [0.2, 0.25) is 0 Å². The Morgan fingerprint density at radius 2 is 2.19 bits per heavy atom. The van der Waals surface area contributed by atoms with E-state index in [-0.39, 0.29) is 11.8 Å². The van der Waals surface area contributed by atoms with Crippen LogP contribution in [-0.4, -0.2) is 22.9 Å². The van der Waals surface area contributed by atoms with Gasteiger partial charge in [-0.05, 0) is 31.2 Å². The first-order chi connectivity index (χ1) is 10.0. The molecule has 21 heavy (non-hydrogen) atoms. The van der Waals surface area contributed by atoms with Crippen molar-refractivity contribution in [2.75, 3.05) is 10.6 Å². The van der Waals surface area contributed by atoms with Gasteiger partial charge in [-0.1, -0.05) is 11.6 Å². The predicted molar refractivity (Wildman–Crippen MR) is 78.9 cm³/mol. The first-order valence-corrected chi connectivity index (χ1v) is 6.67. The Hall–Kier alpha value is -2.47. The van der Waals surface area contributed by atoms with Gasteiger partial charge in [0.25, 0.3) is 11.8 Å². The van der Waals surface area contributed by atoms with Crippen molar-refractivity contribution in [1.82, 2.24) is 4.98 Å². The van der Waals surface area contributed by atoms with Crippen LogP contribution in [0.1, 0.15) is 17.4 Å². The minimum Gasteiger partial charge on any atom is -0.479 e. The van der Waals surface area contributed by atoms with Crippen molar-refractivity contribution in [1.29, 1.82) is 0 Å². The number of H-pyrrole nitrogens is 1. The Morgan fingerprint density at radius 1 is 1.38 bits per heavy atom. The zero-order valence-corrected chi connectivity index (χ0v) is 11.8. The largest absolute Gasteiger partial charge is 0.479 e. The van der Waals surface area contributed by atoms with Crippen LogP contribution in [0.5, 0.6) is 5.75 Å². The summed E-state index contributed by atoms with van der Waals surface area (Å²) >= 11 is 5.76. The molecule has 0 spiro atoms. The van der Waals surface area contributed by atoms with Crippen molar-refractivity contribution in [2.24, 2.45) is 0 Å². The highest BCUT2D eigenvalue weighted by Crippen LogP contribution is 2.32. The molecule has 6 nitrogen and oxygen atoms in total. The molecule has 1 aliphatic heterocycles. The Kier molecular flexibility index (Phi) is 3.31. The van der Waals surface area contributed by atoms with Crippen molar-refractivity contribution in [2.45, 2.75) is 13.0 Å². The molecule has 1 aromatic carbocycles. The summed E-state index contributed by atoms with van der Waals surface area (Å²) in [5.74, 6) is 0.0309. The second-order valence-electron chi connectivity index (χ2n) is 4.65. The molecule has 1 unspecified atom stereocenters. The third-order valence-electron chi connectivity index (χ3n) is 3.06. The lowest BCUT2D eigenvalue weighted by atomic mass is 10.2. The van der Waals surface area contributed by atoms with E-state index in [0.717, 1.165) is 0 Å². The van der Waals surface area contributed by atoms with Gasteiger partial charge in [0.05, 0.1) is 10.7 Å². The molecule has 0 aliphatic carbocycles. The van der Waals surface area contributed by atoms with Gasteiger partial charge in [0.1, 0.15) is 11.4 Å². The number of carbonyl (C=O) groups excluding carboxylic acids is 2. The maximum absolute atomic E-state index is 12.0. The normalized spacial score (nSPS) is 16.7. The molecule has 1 atom stereocenters. The maximum Gasteiger partial charge on any atom is 0.272 e. The fourth-order valence-corrected chi connectivity index (χ4v) is 2.15. The maximum atomic E-state index is 12.0. The zero-order chi connectivity index (χ0) is 15.0. The van der Waals surface area contributed by atoms with Crippen molar-refractivity contribution < 1.29 is 14.3 Å². The number of aromatic amines is 1. The standard InChI is InChI=1S/C14H12ClN3O3/c1-7-13(19)18-10-5-9(2-3-12(10)21-7)17-14(20)11-4-8(15)6-16-11/h2-7,16H,1H3,(H,17,20)(H,18,19). The van der Waals surface area contributed by atoms with Crippen LogP contribution in [0.4, 0.5) is 11.4 Å². The monoisotopic (exact) mass is 305 g/mol. The number of anilines is 2. The molecule has 0 radical (unpaired) electrons. The lowest BCUT2D eigenvalue weighted by Gasteiger charge is -2.23. The van der Waals surface area contributed by atoms with Crippen LogP contribution >= 0.6 is 11.6 Å². The lowest BCUT2D eigenvalue weighted by molar-refractivity contribution is -0.122. The molecule has 0 saturated heterocycles. The topological polar surface area (TPSA) is 83.2 Å². The van der Waals surface area contributed by atoms with E-state index in [9.17, 15) is 9.59 Å². The molecule has 108 valence electrons. The van der Waals surface area contributed by atoms with Crippen LogP contribution in [0.15, 0.2) is 30.5 Å². The van der Waals surface area contributed by atoms with Gasteiger partial charge in [0.15, 0.2) is 6.10 Å². The number of ether oxygens (including phenoxy) is 1. The lowest BCUT2D eigenvalue weighted by Crippen LogP contribution is -2.34. The summed E-state index contributed by atoms with van der Waals surface area (Å²) in [4.78, 5) is 26.3. The van der Waals surface area contributed by atoms with Crippen LogP contribution in [-0.2, 0) is 4.79 Å². The summed E-state index contributed by atoms with van der Waals surface area (Å²) < 4.78 is 5.44. The third-order valence-corrected chi connectivity index (χ3v) is 3.28. The van der Waals surface area contributed by atoms with Crippen molar-refractivity contribution in [3.63, 3.8) is 0 Å². The number of fused-ring (bicyclic) bond motifs is 1. The van der Waals surface area contributed by atoms with Crippen molar-refractivity contribution >= 4 is 34.8 Å². The average molecular weight is 306 g/mol. The molecular formula is C14H12ClN3O3. The summed E-state index contributed by atoms with van der Waals surface area (Å²) in [5, 5.41) is 5.89. The molecule has 0 saturated carbocycles. The van der Waals surface area contributed by atoms with Crippen molar-refractivity contribution in [3.8, 4) is 5.75 Å². The van der Waals surface area contributed by atoms with E-state index in [1.807, 2.05) is 0 Å². The van der Waals surface area contributed by atoms with Crippen LogP contribution in [0.25, 0.3) is 0 Å². The highest BCUT2D eigenvalue weighted by molar-refractivity contribution is 6.31. The van der Waals surface area contributed by atoms with Gasteiger partial charge in [-0.25, -0.2) is 0 Å². The number of halogens is 1. The molecule has 7 heteroatoms. The van der Waals surface area contributed by atoms with Crippen molar-refractivity contribution in [3.05, 3.63) is 41.2 Å².